The Bertz CT molecular complexity index is 565. The molecule has 118 valence electrons. The summed E-state index contributed by atoms with van der Waals surface area (Å²) in [5, 5.41) is 0. The molecular weight excluding hydrogens is 286 g/mol. The van der Waals surface area contributed by atoms with E-state index in [4.69, 9.17) is 4.74 Å². The molecule has 6 nitrogen and oxygen atoms in total. The fourth-order valence-corrected chi connectivity index (χ4v) is 1.66. The topological polar surface area (TPSA) is 82.0 Å². The zero-order valence-corrected chi connectivity index (χ0v) is 12.9. The zero-order chi connectivity index (χ0) is 16.5. The molecule has 1 aliphatic heterocycles. The van der Waals surface area contributed by atoms with Crippen molar-refractivity contribution in [2.24, 2.45) is 4.99 Å². The van der Waals surface area contributed by atoms with Crippen LogP contribution in [0.15, 0.2) is 35.3 Å². The van der Waals surface area contributed by atoms with Gasteiger partial charge in [-0.3, -0.25) is 9.79 Å². The van der Waals surface area contributed by atoms with Crippen molar-refractivity contribution in [3.8, 4) is 0 Å². The summed E-state index contributed by atoms with van der Waals surface area (Å²) < 4.78 is 9.30. The summed E-state index contributed by atoms with van der Waals surface area (Å²) in [5.74, 6) is -1.61. The molecule has 0 bridgehead atoms. The van der Waals surface area contributed by atoms with E-state index < -0.39 is 11.8 Å². The first-order valence-electron chi connectivity index (χ1n) is 6.89. The Balaban J connectivity index is 0.000000261. The van der Waals surface area contributed by atoms with Gasteiger partial charge in [0.15, 0.2) is 0 Å². The lowest BCUT2D eigenvalue weighted by Crippen LogP contribution is -2.24. The second-order valence-corrected chi connectivity index (χ2v) is 4.52. The highest BCUT2D eigenvalue weighted by molar-refractivity contribution is 6.35. The lowest BCUT2D eigenvalue weighted by Gasteiger charge is -2.18. The zero-order valence-electron chi connectivity index (χ0n) is 12.9. The van der Waals surface area contributed by atoms with Gasteiger partial charge in [-0.15, -0.1) is 0 Å². The number of esters is 2. The van der Waals surface area contributed by atoms with E-state index in [1.165, 1.54) is 6.92 Å². The number of ketones is 1. The number of rotatable bonds is 3. The van der Waals surface area contributed by atoms with Crippen LogP contribution in [0.3, 0.4) is 0 Å². The van der Waals surface area contributed by atoms with E-state index >= 15 is 0 Å². The molecular formula is C16H19NO5. The molecule has 0 saturated carbocycles. The minimum absolute atomic E-state index is 0.0334. The van der Waals surface area contributed by atoms with Gasteiger partial charge < -0.3 is 9.47 Å². The molecule has 0 aliphatic carbocycles. The number of nitrogens with zero attached hydrogens (tertiary/aromatic N) is 1. The second-order valence-electron chi connectivity index (χ2n) is 4.52. The van der Waals surface area contributed by atoms with Gasteiger partial charge in [-0.05, 0) is 19.4 Å². The molecule has 0 fully saturated rings. The van der Waals surface area contributed by atoms with Crippen molar-refractivity contribution in [3.05, 3.63) is 35.9 Å². The minimum Gasteiger partial charge on any atom is -0.460 e. The molecule has 0 spiro atoms. The smallest absolute Gasteiger partial charge is 0.374 e. The van der Waals surface area contributed by atoms with Crippen LogP contribution in [-0.2, 0) is 23.9 Å². The minimum atomic E-state index is -0.757. The third kappa shape index (κ3) is 5.47. The highest BCUT2D eigenvalue weighted by atomic mass is 16.5. The molecule has 1 aliphatic rings. The van der Waals surface area contributed by atoms with Crippen LogP contribution in [0.25, 0.3) is 0 Å². The Hall–Kier alpha value is -2.50. The largest absolute Gasteiger partial charge is 0.460 e. The number of aliphatic imine (C=N–C) groups is 1. The van der Waals surface area contributed by atoms with E-state index in [9.17, 15) is 14.4 Å². The number of hydrogen-bond acceptors (Lipinski definition) is 6. The molecule has 1 atom stereocenters. The fourth-order valence-electron chi connectivity index (χ4n) is 1.66. The van der Waals surface area contributed by atoms with Crippen molar-refractivity contribution in [1.29, 1.82) is 0 Å². The third-order valence-corrected chi connectivity index (χ3v) is 2.76. The Morgan fingerprint density at radius 2 is 1.95 bits per heavy atom. The number of carbonyl (C=O) groups is 3. The monoisotopic (exact) mass is 305 g/mol. The van der Waals surface area contributed by atoms with E-state index in [0.717, 1.165) is 5.56 Å². The summed E-state index contributed by atoms with van der Waals surface area (Å²) in [7, 11) is 0. The molecule has 0 saturated heterocycles. The predicted molar refractivity (Wildman–Crippen MR) is 80.6 cm³/mol. The summed E-state index contributed by atoms with van der Waals surface area (Å²) in [6.45, 7) is 5.12. The Kier molecular flexibility index (Phi) is 6.95. The fraction of sp³-hybridized carbons (Fsp3) is 0.375. The first-order valence-corrected chi connectivity index (χ1v) is 6.89. The first-order chi connectivity index (χ1) is 10.5. The lowest BCUT2D eigenvalue weighted by molar-refractivity contribution is -0.152. The summed E-state index contributed by atoms with van der Waals surface area (Å²) in [6.07, 6.45) is 0. The molecule has 0 N–H and O–H groups in total. The molecule has 0 aromatic heterocycles. The first kappa shape index (κ1) is 17.6. The van der Waals surface area contributed by atoms with Gasteiger partial charge in [0.2, 0.25) is 5.78 Å². The predicted octanol–water partition coefficient (Wildman–Crippen LogP) is 1.88. The van der Waals surface area contributed by atoms with Crippen LogP contribution in [0, 0.1) is 0 Å². The molecule has 1 aromatic carbocycles. The van der Waals surface area contributed by atoms with Gasteiger partial charge in [0.1, 0.15) is 18.4 Å². The summed E-state index contributed by atoms with van der Waals surface area (Å²) in [4.78, 5) is 35.5. The van der Waals surface area contributed by atoms with Crippen LogP contribution in [0.4, 0.5) is 0 Å². The van der Waals surface area contributed by atoms with Gasteiger partial charge in [0.05, 0.1) is 6.61 Å². The van der Waals surface area contributed by atoms with E-state index in [2.05, 4.69) is 9.73 Å². The average Bonchev–Trinajstić information content (AvgIpc) is 2.52. The van der Waals surface area contributed by atoms with Crippen LogP contribution in [0.1, 0.15) is 32.4 Å². The summed E-state index contributed by atoms with van der Waals surface area (Å²) >= 11 is 0. The third-order valence-electron chi connectivity index (χ3n) is 2.76. The van der Waals surface area contributed by atoms with E-state index in [1.54, 1.807) is 13.8 Å². The molecule has 0 amide bonds. The standard InChI is InChI=1S/C11H11NO2.C5H8O3/c1-8-11(13)14-7-10(12-8)9-5-3-2-4-6-9;1-3-8-5(7)4(2)6/h2-6,10H,7H2,1H3;3H2,1-2H3/t10-;/m0./s1. The maximum absolute atomic E-state index is 11.0. The maximum Gasteiger partial charge on any atom is 0.374 e. The Morgan fingerprint density at radius 3 is 2.41 bits per heavy atom. The van der Waals surface area contributed by atoms with Crippen molar-refractivity contribution >= 4 is 23.4 Å². The van der Waals surface area contributed by atoms with Crippen LogP contribution < -0.4 is 0 Å². The van der Waals surface area contributed by atoms with Crippen molar-refractivity contribution in [3.63, 3.8) is 0 Å². The maximum atomic E-state index is 11.0. The molecule has 22 heavy (non-hydrogen) atoms. The van der Waals surface area contributed by atoms with Crippen LogP contribution >= 0.6 is 0 Å². The second kappa shape index (κ2) is 8.71. The summed E-state index contributed by atoms with van der Waals surface area (Å²) in [5.41, 5.74) is 1.53. The van der Waals surface area contributed by atoms with Gasteiger partial charge in [0.25, 0.3) is 0 Å². The number of cyclic esters (lactones) is 1. The lowest BCUT2D eigenvalue weighted by atomic mass is 10.1. The quantitative estimate of drug-likeness (QED) is 0.629. The van der Waals surface area contributed by atoms with Gasteiger partial charge in [-0.2, -0.15) is 0 Å². The van der Waals surface area contributed by atoms with Gasteiger partial charge >= 0.3 is 11.9 Å². The molecule has 6 heteroatoms. The Labute approximate surface area is 129 Å². The molecule has 1 aromatic rings. The molecule has 0 radical (unpaired) electrons. The van der Waals surface area contributed by atoms with Gasteiger partial charge in [-0.25, -0.2) is 9.59 Å². The number of ether oxygens (including phenoxy) is 2. The van der Waals surface area contributed by atoms with Crippen molar-refractivity contribution in [2.75, 3.05) is 13.2 Å². The Morgan fingerprint density at radius 1 is 1.32 bits per heavy atom. The molecule has 1 heterocycles. The normalized spacial score (nSPS) is 16.6. The van der Waals surface area contributed by atoms with Crippen molar-refractivity contribution in [2.45, 2.75) is 26.8 Å². The molecule has 2 rings (SSSR count). The number of benzene rings is 1. The average molecular weight is 305 g/mol. The van der Waals surface area contributed by atoms with E-state index in [0.29, 0.717) is 12.3 Å². The SMILES string of the molecule is CC1=N[C@H](c2ccccc2)COC1=O.CCOC(=O)C(C)=O. The molecule has 0 unspecified atom stereocenters. The van der Waals surface area contributed by atoms with Crippen molar-refractivity contribution < 1.29 is 23.9 Å². The van der Waals surface area contributed by atoms with Crippen LogP contribution in [0.5, 0.6) is 0 Å². The number of hydrogen-bond donors (Lipinski definition) is 0. The highest BCUT2D eigenvalue weighted by Gasteiger charge is 2.21. The van der Waals surface area contributed by atoms with E-state index in [1.807, 2.05) is 30.3 Å². The van der Waals surface area contributed by atoms with Gasteiger partial charge in [-0.1, -0.05) is 30.3 Å². The number of carbonyl (C=O) groups excluding carboxylic acids is 3. The van der Waals surface area contributed by atoms with E-state index in [-0.39, 0.29) is 18.6 Å². The van der Waals surface area contributed by atoms with Crippen molar-refractivity contribution in [1.82, 2.24) is 0 Å². The summed E-state index contributed by atoms with van der Waals surface area (Å²) in [6, 6.07) is 9.80. The van der Waals surface area contributed by atoms with Crippen LogP contribution in [-0.4, -0.2) is 36.6 Å². The number of Topliss-reactive ketones (excluding diaryl/α,β-unsaturated/α-hetero) is 1. The van der Waals surface area contributed by atoms with Crippen LogP contribution in [0.2, 0.25) is 0 Å². The highest BCUT2D eigenvalue weighted by Crippen LogP contribution is 2.20. The van der Waals surface area contributed by atoms with Gasteiger partial charge in [0, 0.05) is 6.92 Å².